The van der Waals surface area contributed by atoms with Crippen molar-refractivity contribution in [1.82, 2.24) is 9.97 Å². The van der Waals surface area contributed by atoms with E-state index in [0.717, 1.165) is 0 Å². The molecule has 2 heterocycles. The molecule has 0 radical (unpaired) electrons. The van der Waals surface area contributed by atoms with Gasteiger partial charge in [-0.3, -0.25) is 0 Å². The number of hydrogen-bond donors (Lipinski definition) is 1. The van der Waals surface area contributed by atoms with Crippen LogP contribution in [0.5, 0.6) is 5.88 Å². The lowest BCUT2D eigenvalue weighted by Crippen LogP contribution is -2.26. The average molecular weight is 441 g/mol. The number of nitrogen functional groups attached to an aromatic ring is 1. The maximum absolute atomic E-state index is 12.5. The van der Waals surface area contributed by atoms with Gasteiger partial charge in [0, 0.05) is 12.0 Å². The molecule has 0 spiro atoms. The zero-order valence-corrected chi connectivity index (χ0v) is 18.8. The molecule has 9 heteroatoms. The van der Waals surface area contributed by atoms with Crippen molar-refractivity contribution in [2.24, 2.45) is 0 Å². The monoisotopic (exact) mass is 440 g/mol. The molecule has 32 heavy (non-hydrogen) atoms. The summed E-state index contributed by atoms with van der Waals surface area (Å²) >= 11 is 0. The molecule has 2 atom stereocenters. The zero-order valence-electron chi connectivity index (χ0n) is 18.8. The first-order valence-corrected chi connectivity index (χ1v) is 10.5. The number of carbonyl (C=O) groups excluding carboxylic acids is 1. The molecule has 1 aromatic carbocycles. The molecule has 0 amide bonds. The number of hydrogen-bond acceptors (Lipinski definition) is 9. The highest BCUT2D eigenvalue weighted by molar-refractivity contribution is 5.97. The van der Waals surface area contributed by atoms with Gasteiger partial charge in [-0.05, 0) is 39.8 Å². The van der Waals surface area contributed by atoms with E-state index in [1.54, 1.807) is 31.2 Å². The second-order valence-corrected chi connectivity index (χ2v) is 8.38. The van der Waals surface area contributed by atoms with Gasteiger partial charge in [0.15, 0.2) is 11.4 Å². The molecule has 1 aliphatic heterocycles. The third kappa shape index (κ3) is 5.93. The van der Waals surface area contributed by atoms with E-state index in [1.165, 1.54) is 0 Å². The van der Waals surface area contributed by atoms with Crippen LogP contribution in [0.3, 0.4) is 0 Å². The molecule has 1 unspecified atom stereocenters. The quantitative estimate of drug-likeness (QED) is 0.645. The summed E-state index contributed by atoms with van der Waals surface area (Å²) < 4.78 is 22.8. The van der Waals surface area contributed by atoms with E-state index in [9.17, 15) is 10.1 Å². The fourth-order valence-electron chi connectivity index (χ4n) is 3.17. The molecule has 0 bridgehead atoms. The molecular formula is C23H28N4O5. The number of esters is 1. The van der Waals surface area contributed by atoms with Crippen LogP contribution in [0, 0.1) is 11.3 Å². The topological polar surface area (TPSA) is 130 Å². The lowest BCUT2D eigenvalue weighted by molar-refractivity contribution is -0.0553. The summed E-state index contributed by atoms with van der Waals surface area (Å²) in [7, 11) is 0. The van der Waals surface area contributed by atoms with Crippen molar-refractivity contribution in [3.05, 3.63) is 35.4 Å². The molecule has 1 saturated heterocycles. The molecule has 1 aromatic heterocycles. The third-order valence-electron chi connectivity index (χ3n) is 4.66. The van der Waals surface area contributed by atoms with Crippen molar-refractivity contribution in [2.45, 2.75) is 51.9 Å². The Morgan fingerprint density at radius 2 is 2.12 bits per heavy atom. The molecule has 170 valence electrons. The van der Waals surface area contributed by atoms with Crippen molar-refractivity contribution >= 4 is 11.8 Å². The molecule has 2 aromatic rings. The first-order valence-electron chi connectivity index (χ1n) is 10.5. The lowest BCUT2D eigenvalue weighted by atomic mass is 10.1. The molecule has 0 saturated carbocycles. The maximum atomic E-state index is 12.5. The van der Waals surface area contributed by atoms with Gasteiger partial charge in [-0.15, -0.1) is 0 Å². The van der Waals surface area contributed by atoms with E-state index >= 15 is 0 Å². The highest BCUT2D eigenvalue weighted by Crippen LogP contribution is 2.30. The van der Waals surface area contributed by atoms with Crippen molar-refractivity contribution in [3.8, 4) is 23.3 Å². The Hall–Kier alpha value is -3.22. The van der Waals surface area contributed by atoms with E-state index in [-0.39, 0.29) is 47.5 Å². The fourth-order valence-corrected chi connectivity index (χ4v) is 3.17. The van der Waals surface area contributed by atoms with Gasteiger partial charge in [-0.2, -0.15) is 10.2 Å². The molecule has 0 aliphatic carbocycles. The Labute approximate surface area is 187 Å². The zero-order chi connectivity index (χ0) is 23.3. The summed E-state index contributed by atoms with van der Waals surface area (Å²) in [6.45, 7) is 8.57. The highest BCUT2D eigenvalue weighted by atomic mass is 16.6. The Kier molecular flexibility index (Phi) is 7.28. The second kappa shape index (κ2) is 9.94. The number of aromatic nitrogens is 2. The molecular weight excluding hydrogens is 412 g/mol. The van der Waals surface area contributed by atoms with Gasteiger partial charge in [0.25, 0.3) is 0 Å². The van der Waals surface area contributed by atoms with Crippen LogP contribution >= 0.6 is 0 Å². The first-order chi connectivity index (χ1) is 15.2. The SMILES string of the molecule is CCOC(=O)c1c(N)nc(-c2cccc(C#N)c2)nc1O[C@@H]1COC(COC(C)(C)C)C1. The van der Waals surface area contributed by atoms with Crippen molar-refractivity contribution in [1.29, 1.82) is 5.26 Å². The van der Waals surface area contributed by atoms with Crippen LogP contribution in [-0.2, 0) is 14.2 Å². The number of carbonyl (C=O) groups is 1. The van der Waals surface area contributed by atoms with Gasteiger partial charge in [-0.25, -0.2) is 9.78 Å². The number of nitrogens with two attached hydrogens (primary N) is 1. The van der Waals surface area contributed by atoms with Crippen LogP contribution in [0.1, 0.15) is 50.0 Å². The number of benzene rings is 1. The van der Waals surface area contributed by atoms with Crippen molar-refractivity contribution in [2.75, 3.05) is 25.6 Å². The smallest absolute Gasteiger partial charge is 0.347 e. The number of nitriles is 1. The predicted molar refractivity (Wildman–Crippen MR) is 117 cm³/mol. The van der Waals surface area contributed by atoms with Gasteiger partial charge < -0.3 is 24.7 Å². The summed E-state index contributed by atoms with van der Waals surface area (Å²) in [5, 5.41) is 9.18. The first kappa shape index (κ1) is 23.4. The number of nitrogens with zero attached hydrogens (tertiary/aromatic N) is 3. The van der Waals surface area contributed by atoms with Gasteiger partial charge >= 0.3 is 5.97 Å². The number of anilines is 1. The Balaban J connectivity index is 1.87. The highest BCUT2D eigenvalue weighted by Gasteiger charge is 2.31. The predicted octanol–water partition coefficient (Wildman–Crippen LogP) is 3.13. The summed E-state index contributed by atoms with van der Waals surface area (Å²) in [4.78, 5) is 21.2. The van der Waals surface area contributed by atoms with Gasteiger partial charge in [0.2, 0.25) is 5.88 Å². The standard InChI is InChI=1S/C23H28N4O5/c1-5-29-22(28)18-19(25)26-20(15-8-6-7-14(9-15)11-24)27-21(18)32-17-10-16(30-12-17)13-31-23(2,3)4/h6-9,16-17H,5,10,12-13H2,1-4H3,(H2,25,26,27)/t16?,17-/m0/s1. The van der Waals surface area contributed by atoms with Crippen LogP contribution in [-0.4, -0.2) is 53.6 Å². The summed E-state index contributed by atoms with van der Waals surface area (Å²) in [6, 6.07) is 8.86. The minimum absolute atomic E-state index is 0.0265. The number of rotatable bonds is 7. The van der Waals surface area contributed by atoms with E-state index < -0.39 is 5.97 Å². The number of ether oxygens (including phenoxy) is 4. The van der Waals surface area contributed by atoms with E-state index in [2.05, 4.69) is 16.0 Å². The molecule has 1 fully saturated rings. The summed E-state index contributed by atoms with van der Waals surface area (Å²) in [6.07, 6.45) is 0.0992. The molecule has 1 aliphatic rings. The van der Waals surface area contributed by atoms with E-state index in [0.29, 0.717) is 30.8 Å². The summed E-state index contributed by atoms with van der Waals surface area (Å²) in [5.41, 5.74) is 6.84. The minimum Gasteiger partial charge on any atom is -0.471 e. The fraction of sp³-hybridized carbons (Fsp3) is 0.478. The molecule has 3 rings (SSSR count). The minimum atomic E-state index is -0.663. The normalized spacial score (nSPS) is 18.2. The lowest BCUT2D eigenvalue weighted by Gasteiger charge is -2.21. The Morgan fingerprint density at radius 3 is 2.81 bits per heavy atom. The maximum Gasteiger partial charge on any atom is 0.347 e. The van der Waals surface area contributed by atoms with Crippen LogP contribution in [0.15, 0.2) is 24.3 Å². The van der Waals surface area contributed by atoms with Crippen molar-refractivity contribution < 1.29 is 23.7 Å². The van der Waals surface area contributed by atoms with E-state index in [4.69, 9.17) is 24.7 Å². The largest absolute Gasteiger partial charge is 0.471 e. The molecule has 9 nitrogen and oxygen atoms in total. The second-order valence-electron chi connectivity index (χ2n) is 8.38. The average Bonchev–Trinajstić information content (AvgIpc) is 3.19. The van der Waals surface area contributed by atoms with Crippen molar-refractivity contribution in [3.63, 3.8) is 0 Å². The van der Waals surface area contributed by atoms with Crippen LogP contribution in [0.4, 0.5) is 5.82 Å². The van der Waals surface area contributed by atoms with Gasteiger partial charge in [0.1, 0.15) is 11.9 Å². The van der Waals surface area contributed by atoms with E-state index in [1.807, 2.05) is 20.8 Å². The van der Waals surface area contributed by atoms with Crippen LogP contribution in [0.25, 0.3) is 11.4 Å². The molecule has 2 N–H and O–H groups in total. The van der Waals surface area contributed by atoms with Crippen LogP contribution < -0.4 is 10.5 Å². The van der Waals surface area contributed by atoms with Gasteiger partial charge in [-0.1, -0.05) is 12.1 Å². The summed E-state index contributed by atoms with van der Waals surface area (Å²) in [5.74, 6) is -0.449. The van der Waals surface area contributed by atoms with Gasteiger partial charge in [0.05, 0.1) is 43.2 Å². The van der Waals surface area contributed by atoms with Crippen LogP contribution in [0.2, 0.25) is 0 Å². The third-order valence-corrected chi connectivity index (χ3v) is 4.66. The Bertz CT molecular complexity index is 1010. The Morgan fingerprint density at radius 1 is 1.34 bits per heavy atom.